The second-order valence-corrected chi connectivity index (χ2v) is 17.9. The van der Waals surface area contributed by atoms with Gasteiger partial charge in [-0.25, -0.2) is 0 Å². The molecule has 0 heterocycles. The molecule has 0 aromatic heterocycles. The van der Waals surface area contributed by atoms with Gasteiger partial charge in [-0.15, -0.1) is 0 Å². The molecule has 0 amide bonds. The Morgan fingerprint density at radius 2 is 0.488 bits per heavy atom. The lowest BCUT2D eigenvalue weighted by molar-refractivity contribution is -0.00862. The Hall–Kier alpha value is 0. The van der Waals surface area contributed by atoms with Gasteiger partial charge in [-0.2, -0.15) is 0 Å². The van der Waals surface area contributed by atoms with E-state index in [-0.39, 0.29) is 0 Å². The third kappa shape index (κ3) is 13.7. The minimum atomic E-state index is 1.02. The topological polar surface area (TPSA) is 0 Å². The summed E-state index contributed by atoms with van der Waals surface area (Å²) in [5.74, 6) is 11.1. The molecular weight excluding hydrogens is 516 g/mol. The zero-order chi connectivity index (χ0) is 30.3. The van der Waals surface area contributed by atoms with Gasteiger partial charge in [0, 0.05) is 0 Å². The van der Waals surface area contributed by atoms with Gasteiger partial charge >= 0.3 is 0 Å². The van der Waals surface area contributed by atoms with Crippen molar-refractivity contribution in [2.24, 2.45) is 59.2 Å². The van der Waals surface area contributed by atoms with E-state index in [1.807, 2.05) is 0 Å². The number of rotatable bonds is 3. The molecule has 0 heteroatoms. The van der Waals surface area contributed by atoms with Gasteiger partial charge < -0.3 is 0 Å². The van der Waals surface area contributed by atoms with Crippen molar-refractivity contribution in [1.29, 1.82) is 0 Å². The second kappa shape index (κ2) is 20.3. The second-order valence-electron chi connectivity index (χ2n) is 17.9. The van der Waals surface area contributed by atoms with E-state index in [0.717, 1.165) is 35.5 Å². The molecule has 2 atom stereocenters. The predicted octanol–water partition coefficient (Wildman–Crippen LogP) is 14.6. The van der Waals surface area contributed by atoms with Crippen LogP contribution in [0.1, 0.15) is 214 Å². The molecule has 0 radical (unpaired) electrons. The lowest BCUT2D eigenvalue weighted by Crippen LogP contribution is -2.41. The van der Waals surface area contributed by atoms with Crippen LogP contribution >= 0.6 is 0 Å². The zero-order valence-corrected chi connectivity index (χ0v) is 30.3. The standard InChI is InChI=1S/C14H26.C12H20.2C7H14.C3H6/c1-11-3-7-13(8-4-11)14-9-5-12(2)6-10-14;1-3-9(4-1)11-7-8-12(11)10-5-2-6-10;2*1-7-5-3-2-4-6-7;1-2-3-1/h11-14H,3-10H2,1-2H3;9-12H,1-8H2;2*7H,2-6H2,1H3;1-3H2. The van der Waals surface area contributed by atoms with Gasteiger partial charge in [0.25, 0.3) is 0 Å². The summed E-state index contributed by atoms with van der Waals surface area (Å²) in [6, 6.07) is 0. The van der Waals surface area contributed by atoms with Crippen LogP contribution in [0.2, 0.25) is 0 Å². The highest BCUT2D eigenvalue weighted by molar-refractivity contribution is 4.94. The molecule has 2 unspecified atom stereocenters. The summed E-state index contributed by atoms with van der Waals surface area (Å²) in [4.78, 5) is 0. The minimum absolute atomic E-state index is 1.02. The van der Waals surface area contributed by atoms with Crippen molar-refractivity contribution in [3.05, 3.63) is 0 Å². The molecule has 8 fully saturated rings. The Morgan fingerprint density at radius 3 is 0.674 bits per heavy atom. The minimum Gasteiger partial charge on any atom is -0.0625 e. The summed E-state index contributed by atoms with van der Waals surface area (Å²) in [5.41, 5.74) is 0. The van der Waals surface area contributed by atoms with Gasteiger partial charge in [-0.05, 0) is 97.7 Å². The Kier molecular flexibility index (Phi) is 16.9. The largest absolute Gasteiger partial charge is 0.0625 e. The smallest absolute Gasteiger partial charge is 0.0355 e. The van der Waals surface area contributed by atoms with E-state index in [9.17, 15) is 0 Å². The summed E-state index contributed by atoms with van der Waals surface area (Å²) in [6.45, 7) is 9.58. The first-order chi connectivity index (χ1) is 21.0. The Bertz CT molecular complexity index is 597. The summed E-state index contributed by atoms with van der Waals surface area (Å²) in [7, 11) is 0. The van der Waals surface area contributed by atoms with Crippen LogP contribution in [0.3, 0.4) is 0 Å². The highest BCUT2D eigenvalue weighted by Gasteiger charge is 2.44. The lowest BCUT2D eigenvalue weighted by atomic mass is 9.54. The third-order valence-electron chi connectivity index (χ3n) is 13.8. The summed E-state index contributed by atoms with van der Waals surface area (Å²) in [6.07, 6.45) is 44.2. The molecule has 8 aliphatic carbocycles. The molecule has 0 bridgehead atoms. The van der Waals surface area contributed by atoms with Gasteiger partial charge in [0.1, 0.15) is 0 Å². The Balaban J connectivity index is 0.000000132. The molecule has 0 nitrogen and oxygen atoms in total. The van der Waals surface area contributed by atoms with Crippen molar-refractivity contribution in [2.75, 3.05) is 0 Å². The SMILES string of the molecule is C1CC(C2CCC2C2CCC2)C1.C1CC1.CC1CCC(C2CCC(C)CC2)CC1.CC1CCCCC1.CC1CCCCC1. The van der Waals surface area contributed by atoms with Gasteiger partial charge in [0.05, 0.1) is 0 Å². The van der Waals surface area contributed by atoms with Gasteiger partial charge in [-0.1, -0.05) is 175 Å². The lowest BCUT2D eigenvalue weighted by Gasteiger charge is -2.51. The molecule has 0 spiro atoms. The van der Waals surface area contributed by atoms with Crippen LogP contribution in [-0.4, -0.2) is 0 Å². The van der Waals surface area contributed by atoms with Gasteiger partial charge in [-0.3, -0.25) is 0 Å². The van der Waals surface area contributed by atoms with Crippen LogP contribution in [0.15, 0.2) is 0 Å². The maximum absolute atomic E-state index is 2.43. The monoisotopic (exact) mass is 597 g/mol. The van der Waals surface area contributed by atoms with E-state index in [2.05, 4.69) is 27.7 Å². The van der Waals surface area contributed by atoms with E-state index in [0.29, 0.717) is 0 Å². The molecule has 8 saturated carbocycles. The molecule has 252 valence electrons. The average molecular weight is 597 g/mol. The van der Waals surface area contributed by atoms with E-state index in [1.165, 1.54) is 133 Å². The first kappa shape index (κ1) is 35.8. The van der Waals surface area contributed by atoms with Crippen LogP contribution in [0.4, 0.5) is 0 Å². The zero-order valence-electron chi connectivity index (χ0n) is 30.3. The van der Waals surface area contributed by atoms with Crippen molar-refractivity contribution in [1.82, 2.24) is 0 Å². The normalized spacial score (nSPS) is 36.6. The molecule has 0 aromatic rings. The highest BCUT2D eigenvalue weighted by atomic mass is 14.5. The predicted molar refractivity (Wildman–Crippen MR) is 191 cm³/mol. The van der Waals surface area contributed by atoms with E-state index in [1.54, 1.807) is 77.0 Å². The first-order valence-corrected chi connectivity index (χ1v) is 21.0. The van der Waals surface area contributed by atoms with E-state index >= 15 is 0 Å². The number of hydrogen-bond donors (Lipinski definition) is 0. The Morgan fingerprint density at radius 1 is 0.209 bits per heavy atom. The van der Waals surface area contributed by atoms with Gasteiger partial charge in [0.15, 0.2) is 0 Å². The molecule has 0 aromatic carbocycles. The maximum Gasteiger partial charge on any atom is -0.0355 e. The molecule has 0 aliphatic heterocycles. The quantitative estimate of drug-likeness (QED) is 0.304. The fourth-order valence-electron chi connectivity index (χ4n) is 9.59. The fourth-order valence-corrected chi connectivity index (χ4v) is 9.59. The third-order valence-corrected chi connectivity index (χ3v) is 13.8. The highest BCUT2D eigenvalue weighted by Crippen LogP contribution is 2.54. The summed E-state index contributed by atoms with van der Waals surface area (Å²) in [5, 5.41) is 0. The van der Waals surface area contributed by atoms with E-state index in [4.69, 9.17) is 0 Å². The molecule has 0 saturated heterocycles. The van der Waals surface area contributed by atoms with Crippen LogP contribution in [-0.2, 0) is 0 Å². The van der Waals surface area contributed by atoms with Crippen LogP contribution in [0.5, 0.6) is 0 Å². The van der Waals surface area contributed by atoms with Crippen molar-refractivity contribution in [3.8, 4) is 0 Å². The van der Waals surface area contributed by atoms with Crippen molar-refractivity contribution in [3.63, 3.8) is 0 Å². The van der Waals surface area contributed by atoms with E-state index < -0.39 is 0 Å². The summed E-state index contributed by atoms with van der Waals surface area (Å²) >= 11 is 0. The van der Waals surface area contributed by atoms with Crippen LogP contribution in [0.25, 0.3) is 0 Å². The average Bonchev–Trinajstić information content (AvgIpc) is 3.85. The maximum atomic E-state index is 2.43. The molecule has 8 rings (SSSR count). The van der Waals surface area contributed by atoms with Gasteiger partial charge in [0.2, 0.25) is 0 Å². The van der Waals surface area contributed by atoms with Crippen molar-refractivity contribution in [2.45, 2.75) is 214 Å². The molecule has 43 heavy (non-hydrogen) atoms. The fraction of sp³-hybridized carbons (Fsp3) is 1.00. The summed E-state index contributed by atoms with van der Waals surface area (Å²) < 4.78 is 0. The van der Waals surface area contributed by atoms with Crippen molar-refractivity contribution < 1.29 is 0 Å². The molecular formula is C43H80. The molecule has 8 aliphatic rings. The van der Waals surface area contributed by atoms with Crippen LogP contribution in [0, 0.1) is 59.2 Å². The first-order valence-electron chi connectivity index (χ1n) is 21.0. The Labute approximate surface area is 272 Å². The molecule has 0 N–H and O–H groups in total. The van der Waals surface area contributed by atoms with Crippen molar-refractivity contribution >= 4 is 0 Å². The van der Waals surface area contributed by atoms with Crippen LogP contribution < -0.4 is 0 Å². The number of hydrogen-bond acceptors (Lipinski definition) is 0.